The lowest BCUT2D eigenvalue weighted by Gasteiger charge is -2.18. The monoisotopic (exact) mass is 330 g/mol. The molecule has 0 unspecified atom stereocenters. The molecule has 2 aromatic rings. The van der Waals surface area contributed by atoms with Crippen molar-refractivity contribution in [1.29, 1.82) is 0 Å². The molecular weight excluding hydrogens is 304 g/mol. The van der Waals surface area contributed by atoms with Crippen LogP contribution in [-0.4, -0.2) is 28.5 Å². The van der Waals surface area contributed by atoms with E-state index in [0.29, 0.717) is 6.54 Å². The summed E-state index contributed by atoms with van der Waals surface area (Å²) in [4.78, 5) is 12.1. The summed E-state index contributed by atoms with van der Waals surface area (Å²) in [5, 5.41) is 10.1. The van der Waals surface area contributed by atoms with Crippen LogP contribution in [-0.2, 0) is 7.05 Å². The third-order valence-corrected chi connectivity index (χ3v) is 3.74. The third kappa shape index (κ3) is 5.01. The van der Waals surface area contributed by atoms with E-state index in [0.717, 1.165) is 22.6 Å². The zero-order valence-corrected chi connectivity index (χ0v) is 15.0. The van der Waals surface area contributed by atoms with E-state index >= 15 is 0 Å². The van der Waals surface area contributed by atoms with Crippen molar-refractivity contribution >= 4 is 6.03 Å². The van der Waals surface area contributed by atoms with E-state index in [4.69, 9.17) is 4.74 Å². The fraction of sp³-hybridized carbons (Fsp3) is 0.444. The molecule has 2 amide bonds. The Balaban J connectivity index is 1.79. The van der Waals surface area contributed by atoms with Crippen molar-refractivity contribution in [2.45, 2.75) is 39.8 Å². The largest absolute Gasteiger partial charge is 0.489 e. The molecule has 1 heterocycles. The average Bonchev–Trinajstić information content (AvgIpc) is 2.84. The van der Waals surface area contributed by atoms with E-state index in [1.807, 2.05) is 65.2 Å². The number of nitrogens with one attached hydrogen (secondary N) is 2. The van der Waals surface area contributed by atoms with Gasteiger partial charge in [-0.3, -0.25) is 4.68 Å². The molecule has 0 spiro atoms. The second-order valence-electron chi connectivity index (χ2n) is 6.16. The second kappa shape index (κ2) is 7.86. The van der Waals surface area contributed by atoms with E-state index in [2.05, 4.69) is 15.7 Å². The summed E-state index contributed by atoms with van der Waals surface area (Å²) < 4.78 is 7.55. The van der Waals surface area contributed by atoms with Gasteiger partial charge in [0.2, 0.25) is 0 Å². The zero-order chi connectivity index (χ0) is 17.7. The predicted octanol–water partition coefficient (Wildman–Crippen LogP) is 2.86. The van der Waals surface area contributed by atoms with Gasteiger partial charge in [0.25, 0.3) is 0 Å². The van der Waals surface area contributed by atoms with Gasteiger partial charge in [-0.25, -0.2) is 4.79 Å². The van der Waals surface area contributed by atoms with Gasteiger partial charge in [-0.2, -0.15) is 5.10 Å². The lowest BCUT2D eigenvalue weighted by atomic mass is 10.1. The molecule has 0 aliphatic rings. The molecule has 0 fully saturated rings. The molecular formula is C18H26N4O2. The van der Waals surface area contributed by atoms with Crippen molar-refractivity contribution in [2.24, 2.45) is 7.05 Å². The van der Waals surface area contributed by atoms with E-state index in [1.54, 1.807) is 4.68 Å². The lowest BCUT2D eigenvalue weighted by molar-refractivity contribution is 0.206. The van der Waals surface area contributed by atoms with Gasteiger partial charge in [0, 0.05) is 18.8 Å². The van der Waals surface area contributed by atoms with Crippen LogP contribution in [0.15, 0.2) is 30.5 Å². The maximum atomic E-state index is 12.1. The van der Waals surface area contributed by atoms with Crippen molar-refractivity contribution < 1.29 is 9.53 Å². The van der Waals surface area contributed by atoms with Crippen LogP contribution in [0.5, 0.6) is 5.75 Å². The fourth-order valence-electron chi connectivity index (χ4n) is 2.57. The van der Waals surface area contributed by atoms with Crippen molar-refractivity contribution in [3.8, 4) is 5.75 Å². The van der Waals surface area contributed by atoms with Gasteiger partial charge in [-0.15, -0.1) is 0 Å². The maximum Gasteiger partial charge on any atom is 0.315 e. The van der Waals surface area contributed by atoms with Crippen molar-refractivity contribution in [3.63, 3.8) is 0 Å². The summed E-state index contributed by atoms with van der Waals surface area (Å²) >= 11 is 0. The van der Waals surface area contributed by atoms with Crippen LogP contribution in [0, 0.1) is 13.8 Å². The smallest absolute Gasteiger partial charge is 0.315 e. The summed E-state index contributed by atoms with van der Waals surface area (Å²) in [5.41, 5.74) is 3.07. The number of rotatable bonds is 6. The molecule has 1 aromatic carbocycles. The minimum atomic E-state index is -0.217. The molecule has 0 saturated carbocycles. The molecule has 130 valence electrons. The van der Waals surface area contributed by atoms with Gasteiger partial charge in [0.1, 0.15) is 11.9 Å². The minimum absolute atomic E-state index is 0.105. The van der Waals surface area contributed by atoms with Gasteiger partial charge in [0.05, 0.1) is 18.3 Å². The summed E-state index contributed by atoms with van der Waals surface area (Å²) in [5.74, 6) is 0.809. The highest BCUT2D eigenvalue weighted by Gasteiger charge is 2.15. The zero-order valence-electron chi connectivity index (χ0n) is 15.0. The molecule has 6 heteroatoms. The number of hydrogen-bond acceptors (Lipinski definition) is 3. The molecule has 2 N–H and O–H groups in total. The highest BCUT2D eigenvalue weighted by atomic mass is 16.5. The molecule has 0 aliphatic carbocycles. The first-order chi connectivity index (χ1) is 11.3. The molecule has 0 bridgehead atoms. The fourth-order valence-corrected chi connectivity index (χ4v) is 2.57. The van der Waals surface area contributed by atoms with E-state index < -0.39 is 0 Å². The van der Waals surface area contributed by atoms with Crippen molar-refractivity contribution in [1.82, 2.24) is 20.4 Å². The molecule has 2 rings (SSSR count). The molecule has 1 aromatic heterocycles. The van der Waals surface area contributed by atoms with Crippen molar-refractivity contribution in [2.75, 3.05) is 6.54 Å². The highest BCUT2D eigenvalue weighted by Crippen LogP contribution is 2.15. The molecule has 6 nitrogen and oxygen atoms in total. The van der Waals surface area contributed by atoms with Gasteiger partial charge >= 0.3 is 6.03 Å². The number of carbonyl (C=O) groups excluding carboxylic acids is 1. The van der Waals surface area contributed by atoms with Crippen LogP contribution < -0.4 is 15.4 Å². The molecule has 24 heavy (non-hydrogen) atoms. The molecule has 0 aliphatic heterocycles. The van der Waals surface area contributed by atoms with Crippen LogP contribution in [0.3, 0.4) is 0 Å². The van der Waals surface area contributed by atoms with Crippen LogP contribution in [0.4, 0.5) is 4.79 Å². The Kier molecular flexibility index (Phi) is 5.84. The Morgan fingerprint density at radius 2 is 2.08 bits per heavy atom. The molecule has 0 saturated heterocycles. The first kappa shape index (κ1) is 17.8. The van der Waals surface area contributed by atoms with Gasteiger partial charge in [-0.05, 0) is 45.4 Å². The summed E-state index contributed by atoms with van der Waals surface area (Å²) in [7, 11) is 1.87. The summed E-state index contributed by atoms with van der Waals surface area (Å²) in [6.07, 6.45) is 1.80. The normalized spacial score (nSPS) is 13.2. The van der Waals surface area contributed by atoms with Crippen molar-refractivity contribution in [3.05, 3.63) is 47.3 Å². The predicted molar refractivity (Wildman–Crippen MR) is 94.2 cm³/mol. The Bertz CT molecular complexity index is 696. The van der Waals surface area contributed by atoms with Crippen LogP contribution in [0.1, 0.15) is 36.7 Å². The summed E-state index contributed by atoms with van der Waals surface area (Å²) in [6, 6.07) is 7.54. The Morgan fingerprint density at radius 1 is 1.33 bits per heavy atom. The average molecular weight is 330 g/mol. The standard InChI is InChI=1S/C18H26N4O2/c1-12-7-6-8-16(9-12)24-13(2)10-19-18(23)20-14(3)17-11-22(5)21-15(17)4/h6-9,11,13-14H,10H2,1-5H3,(H2,19,20,23)/t13-,14+/m0/s1. The lowest BCUT2D eigenvalue weighted by Crippen LogP contribution is -2.41. The van der Waals surface area contributed by atoms with E-state index in [1.165, 1.54) is 0 Å². The Hall–Kier alpha value is -2.50. The Labute approximate surface area is 143 Å². The van der Waals surface area contributed by atoms with Gasteiger partial charge in [0.15, 0.2) is 0 Å². The number of aromatic nitrogens is 2. The number of urea groups is 1. The number of carbonyl (C=O) groups is 1. The van der Waals surface area contributed by atoms with Crippen LogP contribution in [0.25, 0.3) is 0 Å². The second-order valence-corrected chi connectivity index (χ2v) is 6.16. The molecule has 0 radical (unpaired) electrons. The third-order valence-electron chi connectivity index (χ3n) is 3.74. The number of hydrogen-bond donors (Lipinski definition) is 2. The van der Waals surface area contributed by atoms with Crippen LogP contribution >= 0.6 is 0 Å². The maximum absolute atomic E-state index is 12.1. The van der Waals surface area contributed by atoms with Gasteiger partial charge in [-0.1, -0.05) is 12.1 Å². The minimum Gasteiger partial charge on any atom is -0.489 e. The number of ether oxygens (including phenoxy) is 1. The number of benzene rings is 1. The van der Waals surface area contributed by atoms with E-state index in [9.17, 15) is 4.79 Å². The topological polar surface area (TPSA) is 68.2 Å². The SMILES string of the molecule is Cc1cccc(O[C@@H](C)CNC(=O)N[C@H](C)c2cn(C)nc2C)c1. The number of aryl methyl sites for hydroxylation is 3. The first-order valence-corrected chi connectivity index (χ1v) is 8.13. The summed E-state index contributed by atoms with van der Waals surface area (Å²) in [6.45, 7) is 8.25. The van der Waals surface area contributed by atoms with Crippen LogP contribution in [0.2, 0.25) is 0 Å². The highest BCUT2D eigenvalue weighted by molar-refractivity contribution is 5.74. The number of nitrogens with zero attached hydrogens (tertiary/aromatic N) is 2. The molecule has 2 atom stereocenters. The quantitative estimate of drug-likeness (QED) is 0.856. The van der Waals surface area contributed by atoms with Gasteiger partial charge < -0.3 is 15.4 Å². The number of amides is 2. The first-order valence-electron chi connectivity index (χ1n) is 8.13. The van der Waals surface area contributed by atoms with E-state index in [-0.39, 0.29) is 18.2 Å². The Morgan fingerprint density at radius 3 is 2.71 bits per heavy atom.